The summed E-state index contributed by atoms with van der Waals surface area (Å²) in [6.07, 6.45) is 2.09. The molecule has 0 aliphatic heterocycles. The van der Waals surface area contributed by atoms with Crippen LogP contribution in [0.5, 0.6) is 0 Å². The molecule has 110 valence electrons. The summed E-state index contributed by atoms with van der Waals surface area (Å²) < 4.78 is 30.6. The van der Waals surface area contributed by atoms with Crippen LogP contribution in [0, 0.1) is 6.92 Å². The first-order chi connectivity index (χ1) is 9.03. The average Bonchev–Trinajstić information content (AvgIpc) is 2.74. The number of nitrogens with zero attached hydrogens (tertiary/aromatic N) is 2. The van der Waals surface area contributed by atoms with E-state index in [9.17, 15) is 8.42 Å². The van der Waals surface area contributed by atoms with Crippen LogP contribution in [-0.2, 0) is 16.4 Å². The summed E-state index contributed by atoms with van der Waals surface area (Å²) in [7, 11) is -3.21. The van der Waals surface area contributed by atoms with E-state index in [1.807, 2.05) is 0 Å². The van der Waals surface area contributed by atoms with Gasteiger partial charge in [0.05, 0.1) is 5.75 Å². The lowest BCUT2D eigenvalue weighted by Gasteiger charge is -2.06. The molecular weight excluding hydrogens is 268 g/mol. The molecule has 0 fully saturated rings. The largest absolute Gasteiger partial charge is 0.340 e. The Bertz CT molecular complexity index is 458. The Morgan fingerprint density at radius 1 is 1.26 bits per heavy atom. The first kappa shape index (κ1) is 16.1. The summed E-state index contributed by atoms with van der Waals surface area (Å²) in [5, 5.41) is 6.87. The molecule has 2 N–H and O–H groups in total. The smallest absolute Gasteiger partial charge is 0.223 e. The van der Waals surface area contributed by atoms with Gasteiger partial charge >= 0.3 is 0 Å². The van der Waals surface area contributed by atoms with Crippen molar-refractivity contribution in [2.45, 2.75) is 33.1 Å². The summed E-state index contributed by atoms with van der Waals surface area (Å²) in [5.74, 6) is 1.14. The summed E-state index contributed by atoms with van der Waals surface area (Å²) >= 11 is 0. The molecule has 1 heterocycles. The molecule has 1 rings (SSSR count). The van der Waals surface area contributed by atoms with E-state index >= 15 is 0 Å². The van der Waals surface area contributed by atoms with Crippen molar-refractivity contribution in [2.24, 2.45) is 0 Å². The second-order valence-electron chi connectivity index (χ2n) is 4.30. The maximum atomic E-state index is 11.7. The van der Waals surface area contributed by atoms with Gasteiger partial charge in [0.15, 0.2) is 5.82 Å². The van der Waals surface area contributed by atoms with E-state index in [0.29, 0.717) is 31.1 Å². The molecule has 0 saturated heterocycles. The number of rotatable bonds is 10. The van der Waals surface area contributed by atoms with E-state index in [1.165, 1.54) is 0 Å². The van der Waals surface area contributed by atoms with Gasteiger partial charge in [0, 0.05) is 19.9 Å². The normalized spacial score (nSPS) is 11.9. The summed E-state index contributed by atoms with van der Waals surface area (Å²) in [6.45, 7) is 5.71. The van der Waals surface area contributed by atoms with Gasteiger partial charge in [0.25, 0.3) is 0 Å². The summed E-state index contributed by atoms with van der Waals surface area (Å²) in [6, 6.07) is 0. The number of sulfonamides is 1. The van der Waals surface area contributed by atoms with Crippen molar-refractivity contribution in [1.29, 1.82) is 0 Å². The molecule has 0 atom stereocenters. The summed E-state index contributed by atoms with van der Waals surface area (Å²) in [4.78, 5) is 4.00. The van der Waals surface area contributed by atoms with Gasteiger partial charge in [-0.3, -0.25) is 0 Å². The molecule has 0 aromatic carbocycles. The van der Waals surface area contributed by atoms with Crippen LogP contribution in [0.15, 0.2) is 4.52 Å². The standard InChI is InChI=1S/C11H22N4O3S/c1-3-6-12-7-4-9-19(16,17)13-8-5-11-14-10(2)18-15-11/h12-13H,3-9H2,1-2H3. The zero-order valence-corrected chi connectivity index (χ0v) is 12.3. The number of aromatic nitrogens is 2. The lowest BCUT2D eigenvalue weighted by molar-refractivity contribution is 0.387. The van der Waals surface area contributed by atoms with Crippen LogP contribution in [0.3, 0.4) is 0 Å². The van der Waals surface area contributed by atoms with Gasteiger partial charge in [0.2, 0.25) is 15.9 Å². The molecule has 0 spiro atoms. The van der Waals surface area contributed by atoms with Gasteiger partial charge in [-0.25, -0.2) is 13.1 Å². The van der Waals surface area contributed by atoms with Gasteiger partial charge in [-0.1, -0.05) is 12.1 Å². The van der Waals surface area contributed by atoms with E-state index < -0.39 is 10.0 Å². The third-order valence-corrected chi connectivity index (χ3v) is 3.90. The average molecular weight is 290 g/mol. The first-order valence-electron chi connectivity index (χ1n) is 6.50. The third-order valence-electron chi connectivity index (χ3n) is 2.43. The van der Waals surface area contributed by atoms with Gasteiger partial charge in [-0.2, -0.15) is 4.98 Å². The van der Waals surface area contributed by atoms with Crippen molar-refractivity contribution in [3.05, 3.63) is 11.7 Å². The molecule has 19 heavy (non-hydrogen) atoms. The highest BCUT2D eigenvalue weighted by atomic mass is 32.2. The fraction of sp³-hybridized carbons (Fsp3) is 0.818. The predicted molar refractivity (Wildman–Crippen MR) is 72.3 cm³/mol. The van der Waals surface area contributed by atoms with Crippen molar-refractivity contribution in [3.63, 3.8) is 0 Å². The second kappa shape index (κ2) is 8.23. The molecule has 7 nitrogen and oxygen atoms in total. The summed E-state index contributed by atoms with van der Waals surface area (Å²) in [5.41, 5.74) is 0. The first-order valence-corrected chi connectivity index (χ1v) is 8.16. The van der Waals surface area contributed by atoms with Gasteiger partial charge < -0.3 is 9.84 Å². The Balaban J connectivity index is 2.16. The van der Waals surface area contributed by atoms with Crippen molar-refractivity contribution in [2.75, 3.05) is 25.4 Å². The van der Waals surface area contributed by atoms with Crippen LogP contribution in [0.25, 0.3) is 0 Å². The minimum absolute atomic E-state index is 0.134. The van der Waals surface area contributed by atoms with Crippen molar-refractivity contribution in [1.82, 2.24) is 20.2 Å². The molecule has 0 unspecified atom stereocenters. The van der Waals surface area contributed by atoms with Gasteiger partial charge in [-0.05, 0) is 25.9 Å². The van der Waals surface area contributed by atoms with Gasteiger partial charge in [-0.15, -0.1) is 0 Å². The molecule has 0 radical (unpaired) electrons. The molecule has 0 amide bonds. The predicted octanol–water partition coefficient (Wildman–Crippen LogP) is 0.230. The number of hydrogen-bond acceptors (Lipinski definition) is 6. The van der Waals surface area contributed by atoms with Gasteiger partial charge in [0.1, 0.15) is 0 Å². The molecule has 0 aliphatic rings. The Hall–Kier alpha value is -0.990. The highest BCUT2D eigenvalue weighted by Gasteiger charge is 2.10. The molecular formula is C11H22N4O3S. The molecule has 8 heteroatoms. The highest BCUT2D eigenvalue weighted by Crippen LogP contribution is 1.96. The van der Waals surface area contributed by atoms with Crippen molar-refractivity contribution < 1.29 is 12.9 Å². The monoisotopic (exact) mass is 290 g/mol. The van der Waals surface area contributed by atoms with E-state index in [4.69, 9.17) is 4.52 Å². The zero-order valence-electron chi connectivity index (χ0n) is 11.5. The molecule has 1 aromatic rings. The lowest BCUT2D eigenvalue weighted by atomic mass is 10.4. The fourth-order valence-electron chi connectivity index (χ4n) is 1.52. The van der Waals surface area contributed by atoms with Crippen LogP contribution < -0.4 is 10.0 Å². The van der Waals surface area contributed by atoms with Crippen molar-refractivity contribution >= 4 is 10.0 Å². The maximum absolute atomic E-state index is 11.7. The maximum Gasteiger partial charge on any atom is 0.223 e. The van der Waals surface area contributed by atoms with Crippen molar-refractivity contribution in [3.8, 4) is 0 Å². The highest BCUT2D eigenvalue weighted by molar-refractivity contribution is 7.89. The van der Waals surface area contributed by atoms with E-state index in [2.05, 4.69) is 27.1 Å². The Morgan fingerprint density at radius 2 is 2.05 bits per heavy atom. The molecule has 0 bridgehead atoms. The van der Waals surface area contributed by atoms with Crippen LogP contribution in [-0.4, -0.2) is 43.9 Å². The molecule has 0 aliphatic carbocycles. The SMILES string of the molecule is CCCNCCCS(=O)(=O)NCCc1noc(C)n1. The quantitative estimate of drug-likeness (QED) is 0.599. The molecule has 0 saturated carbocycles. The fourth-order valence-corrected chi connectivity index (χ4v) is 2.60. The Kier molecular flexibility index (Phi) is 6.96. The van der Waals surface area contributed by atoms with Crippen LogP contribution in [0.4, 0.5) is 0 Å². The Labute approximate surface area is 114 Å². The van der Waals surface area contributed by atoms with E-state index in [0.717, 1.165) is 19.5 Å². The second-order valence-corrected chi connectivity index (χ2v) is 6.22. The zero-order chi connectivity index (χ0) is 14.1. The van der Waals surface area contributed by atoms with Crippen LogP contribution in [0.1, 0.15) is 31.5 Å². The topological polar surface area (TPSA) is 97.1 Å². The van der Waals surface area contributed by atoms with Crippen LogP contribution in [0.2, 0.25) is 0 Å². The van der Waals surface area contributed by atoms with E-state index in [-0.39, 0.29) is 5.75 Å². The van der Waals surface area contributed by atoms with E-state index in [1.54, 1.807) is 6.92 Å². The minimum atomic E-state index is -3.21. The molecule has 1 aromatic heterocycles. The third kappa shape index (κ3) is 7.24. The number of nitrogens with one attached hydrogen (secondary N) is 2. The Morgan fingerprint density at radius 3 is 2.68 bits per heavy atom. The lowest BCUT2D eigenvalue weighted by Crippen LogP contribution is -2.30. The van der Waals surface area contributed by atoms with Crippen LogP contribution >= 0.6 is 0 Å². The number of aryl methyl sites for hydroxylation is 1. The minimum Gasteiger partial charge on any atom is -0.340 e. The number of hydrogen-bond donors (Lipinski definition) is 2.